The summed E-state index contributed by atoms with van der Waals surface area (Å²) in [7, 11) is 2.92. The molecule has 3 aromatic heterocycles. The van der Waals surface area contributed by atoms with E-state index in [1.54, 1.807) is 11.6 Å². The Morgan fingerprint density at radius 2 is 2.10 bits per heavy atom. The van der Waals surface area contributed by atoms with Crippen molar-refractivity contribution in [3.05, 3.63) is 55.7 Å². The summed E-state index contributed by atoms with van der Waals surface area (Å²) in [5.41, 5.74) is -0.238. The van der Waals surface area contributed by atoms with E-state index in [9.17, 15) is 14.4 Å². The third-order valence-electron chi connectivity index (χ3n) is 4.49. The van der Waals surface area contributed by atoms with E-state index in [1.807, 2.05) is 17.5 Å². The monoisotopic (exact) mass is 458 g/mol. The average Bonchev–Trinajstić information content (AvgIpc) is 3.43. The number of hydrogen-bond acceptors (Lipinski definition) is 9. The van der Waals surface area contributed by atoms with E-state index in [1.165, 1.54) is 54.0 Å². The molecule has 0 atom stereocenters. The lowest BCUT2D eigenvalue weighted by Gasteiger charge is -2.15. The fourth-order valence-electron chi connectivity index (χ4n) is 2.98. The van der Waals surface area contributed by atoms with Gasteiger partial charge in [0.1, 0.15) is 0 Å². The van der Waals surface area contributed by atoms with Crippen molar-refractivity contribution in [3.8, 4) is 10.7 Å². The molecule has 0 saturated heterocycles. The van der Waals surface area contributed by atoms with E-state index in [0.717, 1.165) is 9.44 Å². The van der Waals surface area contributed by atoms with Crippen LogP contribution in [0.4, 0.5) is 0 Å². The molecule has 0 aliphatic carbocycles. The van der Waals surface area contributed by atoms with E-state index in [-0.39, 0.29) is 17.7 Å². The van der Waals surface area contributed by atoms with Crippen molar-refractivity contribution in [1.29, 1.82) is 0 Å². The largest absolute Gasteiger partial charge is 0.462 e. The third-order valence-corrected chi connectivity index (χ3v) is 6.29. The minimum atomic E-state index is -0.605. The number of carbonyl (C=O) groups is 1. The molecule has 0 fully saturated rings. The zero-order valence-corrected chi connectivity index (χ0v) is 18.6. The summed E-state index contributed by atoms with van der Waals surface area (Å²) >= 11 is 2.88. The van der Waals surface area contributed by atoms with Crippen LogP contribution in [0.2, 0.25) is 0 Å². The minimum absolute atomic E-state index is 0.140. The fraction of sp³-hybridized carbons (Fsp3) is 0.263. The van der Waals surface area contributed by atoms with Crippen LogP contribution in [0.1, 0.15) is 12.5 Å². The Balaban J connectivity index is 1.86. The first kappa shape index (κ1) is 21.0. The summed E-state index contributed by atoms with van der Waals surface area (Å²) in [5, 5.41) is 15.5. The highest BCUT2D eigenvalue weighted by atomic mass is 32.2. The molecule has 3 aromatic rings. The van der Waals surface area contributed by atoms with Crippen molar-refractivity contribution in [3.63, 3.8) is 0 Å². The first-order valence-electron chi connectivity index (χ1n) is 9.26. The predicted octanol–water partition coefficient (Wildman–Crippen LogP) is 1.36. The van der Waals surface area contributed by atoms with Crippen molar-refractivity contribution < 1.29 is 9.53 Å². The second-order valence-corrected chi connectivity index (χ2v) is 8.44. The lowest BCUT2D eigenvalue weighted by molar-refractivity contribution is -0.137. The summed E-state index contributed by atoms with van der Waals surface area (Å²) in [5.74, 6) is 0.308. The Hall–Kier alpha value is -3.25. The number of thioether (sulfide) groups is 1. The molecule has 10 nitrogen and oxygen atoms in total. The van der Waals surface area contributed by atoms with Crippen molar-refractivity contribution in [2.24, 2.45) is 19.2 Å². The molecule has 0 saturated carbocycles. The number of ether oxygens (including phenoxy) is 1. The van der Waals surface area contributed by atoms with Gasteiger partial charge in [0.15, 0.2) is 5.82 Å². The van der Waals surface area contributed by atoms with Crippen LogP contribution in [0.5, 0.6) is 0 Å². The molecule has 0 radical (unpaired) electrons. The van der Waals surface area contributed by atoms with Crippen molar-refractivity contribution in [2.45, 2.75) is 12.1 Å². The number of carbonyl (C=O) groups excluding carboxylic acids is 1. The molecule has 4 rings (SSSR count). The van der Waals surface area contributed by atoms with E-state index in [0.29, 0.717) is 22.4 Å². The smallest absolute Gasteiger partial charge is 0.340 e. The van der Waals surface area contributed by atoms with Crippen LogP contribution < -0.4 is 11.2 Å². The molecule has 1 aliphatic heterocycles. The normalized spacial score (nSPS) is 13.6. The van der Waals surface area contributed by atoms with Gasteiger partial charge in [-0.2, -0.15) is 9.78 Å². The maximum atomic E-state index is 12.8. The van der Waals surface area contributed by atoms with Gasteiger partial charge in [0.2, 0.25) is 5.16 Å². The van der Waals surface area contributed by atoms with Gasteiger partial charge in [-0.3, -0.25) is 9.36 Å². The molecule has 12 heteroatoms. The SMILES string of the molecule is CCOC(=O)/C(=C\c1cn(C)c(=O)n(C)c1=O)C1=Nn2c(nnc2-c2cccs2)SC1. The molecule has 0 bridgehead atoms. The summed E-state index contributed by atoms with van der Waals surface area (Å²) in [6.07, 6.45) is 2.81. The van der Waals surface area contributed by atoms with Gasteiger partial charge < -0.3 is 9.30 Å². The topological polar surface area (TPSA) is 113 Å². The number of aryl methyl sites for hydroxylation is 1. The first-order chi connectivity index (χ1) is 14.9. The molecule has 1 aliphatic rings. The van der Waals surface area contributed by atoms with Gasteiger partial charge in [-0.1, -0.05) is 17.8 Å². The Kier molecular flexibility index (Phi) is 5.74. The van der Waals surface area contributed by atoms with Crippen LogP contribution >= 0.6 is 23.1 Å². The number of hydrogen-bond donors (Lipinski definition) is 0. The standard InChI is InChI=1S/C19H18N6O4S2/c1-4-29-17(27)12(8-11-9-23(2)19(28)24(3)16(11)26)13-10-31-18-21-20-15(25(18)22-13)14-6-5-7-30-14/h5-9H,4,10H2,1-3H3/b12-8-. The van der Waals surface area contributed by atoms with Gasteiger partial charge in [0.25, 0.3) is 5.56 Å². The first-order valence-corrected chi connectivity index (χ1v) is 11.1. The van der Waals surface area contributed by atoms with Gasteiger partial charge in [-0.25, -0.2) is 9.59 Å². The second kappa shape index (κ2) is 8.47. The molecule has 4 heterocycles. The average molecular weight is 459 g/mol. The zero-order chi connectivity index (χ0) is 22.1. The van der Waals surface area contributed by atoms with E-state index in [2.05, 4.69) is 15.3 Å². The summed E-state index contributed by atoms with van der Waals surface area (Å²) in [4.78, 5) is 38.2. The third kappa shape index (κ3) is 3.91. The molecule has 31 heavy (non-hydrogen) atoms. The molecule has 160 valence electrons. The zero-order valence-electron chi connectivity index (χ0n) is 16.9. The predicted molar refractivity (Wildman–Crippen MR) is 118 cm³/mol. The van der Waals surface area contributed by atoms with Crippen molar-refractivity contribution >= 4 is 40.9 Å². The minimum Gasteiger partial charge on any atom is -0.462 e. The van der Waals surface area contributed by atoms with Gasteiger partial charge >= 0.3 is 11.7 Å². The van der Waals surface area contributed by atoms with Crippen LogP contribution in [0.25, 0.3) is 16.8 Å². The van der Waals surface area contributed by atoms with Crippen LogP contribution in [-0.4, -0.2) is 48.0 Å². The van der Waals surface area contributed by atoms with Gasteiger partial charge in [-0.15, -0.1) is 21.5 Å². The van der Waals surface area contributed by atoms with Crippen LogP contribution in [0, 0.1) is 0 Å². The summed E-state index contributed by atoms with van der Waals surface area (Å²) in [6.45, 7) is 1.87. The molecular weight excluding hydrogens is 440 g/mol. The van der Waals surface area contributed by atoms with Crippen LogP contribution in [-0.2, 0) is 23.6 Å². The maximum Gasteiger partial charge on any atom is 0.340 e. The fourth-order valence-corrected chi connectivity index (χ4v) is 4.50. The van der Waals surface area contributed by atoms with Crippen molar-refractivity contribution in [1.82, 2.24) is 24.0 Å². The number of esters is 1. The van der Waals surface area contributed by atoms with E-state index >= 15 is 0 Å². The highest BCUT2D eigenvalue weighted by Crippen LogP contribution is 2.30. The number of nitrogens with zero attached hydrogens (tertiary/aromatic N) is 6. The molecule has 0 unspecified atom stereocenters. The van der Waals surface area contributed by atoms with Crippen LogP contribution in [0.3, 0.4) is 0 Å². The van der Waals surface area contributed by atoms with Gasteiger partial charge in [0, 0.05) is 26.0 Å². The number of fused-ring (bicyclic) bond motifs is 1. The summed E-state index contributed by atoms with van der Waals surface area (Å²) in [6, 6.07) is 3.81. The number of rotatable bonds is 5. The maximum absolute atomic E-state index is 12.8. The Bertz CT molecular complexity index is 1330. The molecule has 0 amide bonds. The number of thiophene rings is 1. The van der Waals surface area contributed by atoms with Gasteiger partial charge in [0.05, 0.1) is 28.3 Å². The molecule has 0 spiro atoms. The van der Waals surface area contributed by atoms with Crippen molar-refractivity contribution in [2.75, 3.05) is 12.4 Å². The summed E-state index contributed by atoms with van der Waals surface area (Å²) < 4.78 is 9.06. The number of aromatic nitrogens is 5. The Labute approximate surface area is 184 Å². The lowest BCUT2D eigenvalue weighted by atomic mass is 10.1. The second-order valence-electron chi connectivity index (χ2n) is 6.55. The molecule has 0 N–H and O–H groups in total. The van der Waals surface area contributed by atoms with E-state index in [4.69, 9.17) is 4.74 Å². The quantitative estimate of drug-likeness (QED) is 0.419. The van der Waals surface area contributed by atoms with Crippen LogP contribution in [0.15, 0.2) is 49.1 Å². The highest BCUT2D eigenvalue weighted by molar-refractivity contribution is 7.99. The van der Waals surface area contributed by atoms with Gasteiger partial charge in [-0.05, 0) is 24.4 Å². The molecule has 0 aromatic carbocycles. The lowest BCUT2D eigenvalue weighted by Crippen LogP contribution is -2.37. The Morgan fingerprint density at radius 1 is 1.29 bits per heavy atom. The molecular formula is C19H18N6O4S2. The Morgan fingerprint density at radius 3 is 2.81 bits per heavy atom. The van der Waals surface area contributed by atoms with E-state index < -0.39 is 17.2 Å². The highest BCUT2D eigenvalue weighted by Gasteiger charge is 2.26.